The number of hydrogen-bond acceptors (Lipinski definition) is 4. The van der Waals surface area contributed by atoms with Gasteiger partial charge in [0.15, 0.2) is 5.75 Å². The summed E-state index contributed by atoms with van der Waals surface area (Å²) in [7, 11) is 0. The Morgan fingerprint density at radius 1 is 1.08 bits per heavy atom. The number of aromatic hydroxyl groups is 1. The SMILES string of the molecule is Cc1cccc(N2C(=O)NC(=O)C(=Cc3cc(Cl)c(O)c(Cl)c3)C2=O)c1. The lowest BCUT2D eigenvalue weighted by Gasteiger charge is -2.26. The van der Waals surface area contributed by atoms with E-state index in [4.69, 9.17) is 23.2 Å². The molecule has 132 valence electrons. The normalized spacial score (nSPS) is 16.2. The van der Waals surface area contributed by atoms with Gasteiger partial charge in [0.1, 0.15) is 5.57 Å². The van der Waals surface area contributed by atoms with Gasteiger partial charge in [0.05, 0.1) is 15.7 Å². The number of rotatable bonds is 2. The molecule has 4 amide bonds. The van der Waals surface area contributed by atoms with Crippen molar-refractivity contribution in [1.29, 1.82) is 0 Å². The Morgan fingerprint density at radius 3 is 2.35 bits per heavy atom. The number of phenolic OH excluding ortho intramolecular Hbond substituents is 1. The minimum atomic E-state index is -0.829. The van der Waals surface area contributed by atoms with Gasteiger partial charge in [0.25, 0.3) is 11.8 Å². The topological polar surface area (TPSA) is 86.7 Å². The Kier molecular flexibility index (Phi) is 4.71. The Bertz CT molecular complexity index is 962. The first kappa shape index (κ1) is 18.0. The molecular weight excluding hydrogens is 379 g/mol. The van der Waals surface area contributed by atoms with Crippen LogP contribution < -0.4 is 10.2 Å². The second kappa shape index (κ2) is 6.82. The molecule has 2 aromatic carbocycles. The van der Waals surface area contributed by atoms with Crippen molar-refractivity contribution in [3.63, 3.8) is 0 Å². The number of hydrogen-bond donors (Lipinski definition) is 2. The van der Waals surface area contributed by atoms with Gasteiger partial charge in [-0.2, -0.15) is 0 Å². The van der Waals surface area contributed by atoms with Crippen molar-refractivity contribution in [1.82, 2.24) is 5.32 Å². The monoisotopic (exact) mass is 390 g/mol. The Hall–Kier alpha value is -2.83. The summed E-state index contributed by atoms with van der Waals surface area (Å²) in [4.78, 5) is 37.9. The van der Waals surface area contributed by atoms with Gasteiger partial charge in [-0.15, -0.1) is 0 Å². The summed E-state index contributed by atoms with van der Waals surface area (Å²) >= 11 is 11.7. The highest BCUT2D eigenvalue weighted by Crippen LogP contribution is 2.33. The average molecular weight is 391 g/mol. The highest BCUT2D eigenvalue weighted by atomic mass is 35.5. The minimum Gasteiger partial charge on any atom is -0.505 e. The predicted molar refractivity (Wildman–Crippen MR) is 98.3 cm³/mol. The average Bonchev–Trinajstić information content (AvgIpc) is 2.56. The fraction of sp³-hybridized carbons (Fsp3) is 0.0556. The van der Waals surface area contributed by atoms with Crippen molar-refractivity contribution in [2.45, 2.75) is 6.92 Å². The van der Waals surface area contributed by atoms with Gasteiger partial charge >= 0.3 is 6.03 Å². The smallest absolute Gasteiger partial charge is 0.335 e. The van der Waals surface area contributed by atoms with Gasteiger partial charge in [0.2, 0.25) is 0 Å². The molecule has 1 fully saturated rings. The van der Waals surface area contributed by atoms with Crippen LogP contribution in [0.4, 0.5) is 10.5 Å². The van der Waals surface area contributed by atoms with Crippen LogP contribution >= 0.6 is 23.2 Å². The zero-order valence-electron chi connectivity index (χ0n) is 13.4. The lowest BCUT2D eigenvalue weighted by atomic mass is 10.1. The van der Waals surface area contributed by atoms with Gasteiger partial charge < -0.3 is 5.11 Å². The number of anilines is 1. The number of carbonyl (C=O) groups is 3. The van der Waals surface area contributed by atoms with Crippen LogP contribution in [0.5, 0.6) is 5.75 Å². The highest BCUT2D eigenvalue weighted by Gasteiger charge is 2.36. The number of urea groups is 1. The lowest BCUT2D eigenvalue weighted by molar-refractivity contribution is -0.122. The van der Waals surface area contributed by atoms with Crippen LogP contribution in [0.15, 0.2) is 42.0 Å². The number of barbiturate groups is 1. The zero-order chi connectivity index (χ0) is 19.0. The van der Waals surface area contributed by atoms with Crippen LogP contribution in [0.2, 0.25) is 10.0 Å². The largest absolute Gasteiger partial charge is 0.505 e. The molecule has 2 N–H and O–H groups in total. The van der Waals surface area contributed by atoms with Crippen molar-refractivity contribution in [2.75, 3.05) is 4.90 Å². The number of halogens is 2. The van der Waals surface area contributed by atoms with Crippen LogP contribution in [-0.2, 0) is 9.59 Å². The number of aryl methyl sites for hydroxylation is 1. The molecule has 1 heterocycles. The number of carbonyl (C=O) groups excluding carboxylic acids is 3. The summed E-state index contributed by atoms with van der Waals surface area (Å²) in [5.74, 6) is -1.90. The number of phenols is 1. The van der Waals surface area contributed by atoms with E-state index in [1.165, 1.54) is 18.2 Å². The first-order valence-corrected chi connectivity index (χ1v) is 8.19. The van der Waals surface area contributed by atoms with Crippen molar-refractivity contribution < 1.29 is 19.5 Å². The minimum absolute atomic E-state index is 0.0281. The molecule has 26 heavy (non-hydrogen) atoms. The Morgan fingerprint density at radius 2 is 1.73 bits per heavy atom. The molecule has 3 rings (SSSR count). The molecule has 0 aliphatic carbocycles. The fourth-order valence-electron chi connectivity index (χ4n) is 2.49. The third-order valence-corrected chi connectivity index (χ3v) is 4.29. The van der Waals surface area contributed by atoms with Gasteiger partial charge in [-0.25, -0.2) is 9.69 Å². The van der Waals surface area contributed by atoms with Crippen molar-refractivity contribution in [3.05, 3.63) is 63.1 Å². The number of amides is 4. The molecule has 2 aromatic rings. The van der Waals surface area contributed by atoms with Crippen molar-refractivity contribution >= 4 is 52.8 Å². The maximum Gasteiger partial charge on any atom is 0.335 e. The Labute approximate surface area is 158 Å². The van der Waals surface area contributed by atoms with Crippen LogP contribution in [-0.4, -0.2) is 23.0 Å². The summed E-state index contributed by atoms with van der Waals surface area (Å²) < 4.78 is 0. The van der Waals surface area contributed by atoms with E-state index < -0.39 is 17.8 Å². The molecule has 0 atom stereocenters. The summed E-state index contributed by atoms with van der Waals surface area (Å²) in [6.07, 6.45) is 1.25. The summed E-state index contributed by atoms with van der Waals surface area (Å²) in [5.41, 5.74) is 1.26. The van der Waals surface area contributed by atoms with Crippen LogP contribution in [0.25, 0.3) is 6.08 Å². The van der Waals surface area contributed by atoms with E-state index in [1.807, 2.05) is 13.0 Å². The first-order valence-electron chi connectivity index (χ1n) is 7.44. The number of imide groups is 2. The summed E-state index contributed by atoms with van der Waals surface area (Å²) in [5, 5.41) is 11.7. The van der Waals surface area contributed by atoms with E-state index in [9.17, 15) is 19.5 Å². The van der Waals surface area contributed by atoms with Crippen molar-refractivity contribution in [2.24, 2.45) is 0 Å². The van der Waals surface area contributed by atoms with E-state index in [2.05, 4.69) is 5.32 Å². The van der Waals surface area contributed by atoms with E-state index in [1.54, 1.807) is 18.2 Å². The second-order valence-electron chi connectivity index (χ2n) is 5.63. The molecule has 1 aliphatic heterocycles. The van der Waals surface area contributed by atoms with Crippen LogP contribution in [0, 0.1) is 6.92 Å². The predicted octanol–water partition coefficient (Wildman–Crippen LogP) is 3.67. The number of nitrogens with one attached hydrogen (secondary N) is 1. The van der Waals surface area contributed by atoms with E-state index in [0.717, 1.165) is 10.5 Å². The third-order valence-electron chi connectivity index (χ3n) is 3.71. The number of benzene rings is 2. The van der Waals surface area contributed by atoms with E-state index in [0.29, 0.717) is 11.3 Å². The van der Waals surface area contributed by atoms with E-state index >= 15 is 0 Å². The lowest BCUT2D eigenvalue weighted by Crippen LogP contribution is -2.54. The van der Waals surface area contributed by atoms with Crippen LogP contribution in [0.3, 0.4) is 0 Å². The van der Waals surface area contributed by atoms with Gasteiger partial charge in [0, 0.05) is 0 Å². The molecule has 0 bridgehead atoms. The molecule has 8 heteroatoms. The molecule has 0 unspecified atom stereocenters. The molecule has 1 saturated heterocycles. The quantitative estimate of drug-likeness (QED) is 0.604. The van der Waals surface area contributed by atoms with Crippen LogP contribution in [0.1, 0.15) is 11.1 Å². The molecule has 0 spiro atoms. The maximum atomic E-state index is 12.8. The zero-order valence-corrected chi connectivity index (χ0v) is 14.9. The van der Waals surface area contributed by atoms with Gasteiger partial charge in [-0.3, -0.25) is 14.9 Å². The van der Waals surface area contributed by atoms with Gasteiger partial charge in [-0.05, 0) is 48.4 Å². The first-order chi connectivity index (χ1) is 12.3. The molecular formula is C18H12Cl2N2O4. The van der Waals surface area contributed by atoms with Crippen molar-refractivity contribution in [3.8, 4) is 5.75 Å². The summed E-state index contributed by atoms with van der Waals surface area (Å²) in [6, 6.07) is 8.63. The second-order valence-corrected chi connectivity index (χ2v) is 6.44. The molecule has 0 radical (unpaired) electrons. The van der Waals surface area contributed by atoms with Gasteiger partial charge in [-0.1, -0.05) is 35.3 Å². The fourth-order valence-corrected chi connectivity index (χ4v) is 3.00. The molecule has 0 saturated carbocycles. The number of nitrogens with zero attached hydrogens (tertiary/aromatic N) is 1. The third kappa shape index (κ3) is 3.29. The Balaban J connectivity index is 2.06. The molecule has 0 aromatic heterocycles. The highest BCUT2D eigenvalue weighted by molar-refractivity contribution is 6.40. The molecule has 1 aliphatic rings. The maximum absolute atomic E-state index is 12.8. The standard InChI is InChI=1S/C18H12Cl2N2O4/c1-9-3-2-4-11(5-9)22-17(25)12(16(24)21-18(22)26)6-10-7-13(19)15(23)14(20)8-10/h2-8,23H,1H3,(H,21,24,26). The summed E-state index contributed by atoms with van der Waals surface area (Å²) in [6.45, 7) is 1.82. The molecule has 6 nitrogen and oxygen atoms in total. The van der Waals surface area contributed by atoms with E-state index in [-0.39, 0.29) is 21.4 Å².